The summed E-state index contributed by atoms with van der Waals surface area (Å²) in [7, 11) is 1.65. The van der Waals surface area contributed by atoms with Crippen LogP contribution >= 0.6 is 0 Å². The van der Waals surface area contributed by atoms with E-state index >= 15 is 0 Å². The van der Waals surface area contributed by atoms with Crippen molar-refractivity contribution < 1.29 is 4.79 Å². The molecule has 2 aromatic rings. The van der Waals surface area contributed by atoms with Gasteiger partial charge in [0.1, 0.15) is 6.07 Å². The largest absolute Gasteiger partial charge is 0.399 e. The summed E-state index contributed by atoms with van der Waals surface area (Å²) in [5.41, 5.74) is 8.80. The van der Waals surface area contributed by atoms with Crippen molar-refractivity contribution in [3.8, 4) is 6.07 Å². The first-order valence-corrected chi connectivity index (χ1v) is 6.17. The van der Waals surface area contributed by atoms with E-state index in [0.29, 0.717) is 22.5 Å². The molecular weight excluding hydrogens is 250 g/mol. The van der Waals surface area contributed by atoms with Gasteiger partial charge in [-0.1, -0.05) is 12.1 Å². The Hall–Kier alpha value is -2.80. The molecule has 0 aliphatic heterocycles. The number of aryl methyl sites for hydroxylation is 1. The van der Waals surface area contributed by atoms with Crippen molar-refractivity contribution in [1.82, 2.24) is 0 Å². The molecule has 2 rings (SSSR count). The number of carbonyl (C=O) groups is 1. The molecule has 0 fully saturated rings. The number of anilines is 2. The summed E-state index contributed by atoms with van der Waals surface area (Å²) < 4.78 is 0. The molecule has 0 aliphatic rings. The smallest absolute Gasteiger partial charge is 0.258 e. The van der Waals surface area contributed by atoms with Crippen LogP contribution in [0, 0.1) is 18.3 Å². The first-order valence-electron chi connectivity index (χ1n) is 6.17. The third-order valence-electron chi connectivity index (χ3n) is 3.04. The Balaban J connectivity index is 2.40. The lowest BCUT2D eigenvalue weighted by Crippen LogP contribution is -2.27. The third-order valence-corrected chi connectivity index (χ3v) is 3.04. The van der Waals surface area contributed by atoms with E-state index in [1.54, 1.807) is 49.5 Å². The Morgan fingerprint density at radius 1 is 1.25 bits per heavy atom. The van der Waals surface area contributed by atoms with E-state index in [-0.39, 0.29) is 5.91 Å². The fraction of sp³-hybridized carbons (Fsp3) is 0.125. The number of nitrogens with two attached hydrogens (primary N) is 1. The highest BCUT2D eigenvalue weighted by atomic mass is 16.2. The molecule has 0 heterocycles. The molecule has 0 saturated heterocycles. The van der Waals surface area contributed by atoms with Crippen molar-refractivity contribution in [3.63, 3.8) is 0 Å². The van der Waals surface area contributed by atoms with Crippen LogP contribution in [0.4, 0.5) is 11.4 Å². The maximum atomic E-state index is 12.5. The van der Waals surface area contributed by atoms with E-state index in [4.69, 9.17) is 11.0 Å². The molecule has 20 heavy (non-hydrogen) atoms. The minimum Gasteiger partial charge on any atom is -0.399 e. The van der Waals surface area contributed by atoms with Crippen LogP contribution in [0.3, 0.4) is 0 Å². The highest BCUT2D eigenvalue weighted by Gasteiger charge is 2.16. The van der Waals surface area contributed by atoms with Gasteiger partial charge in [-0.25, -0.2) is 0 Å². The highest BCUT2D eigenvalue weighted by Crippen LogP contribution is 2.21. The van der Waals surface area contributed by atoms with E-state index in [0.717, 1.165) is 5.56 Å². The summed E-state index contributed by atoms with van der Waals surface area (Å²) in [5, 5.41) is 9.10. The van der Waals surface area contributed by atoms with Gasteiger partial charge in [-0.15, -0.1) is 0 Å². The molecule has 4 nitrogen and oxygen atoms in total. The number of para-hydroxylation sites is 1. The van der Waals surface area contributed by atoms with Crippen LogP contribution in [-0.2, 0) is 0 Å². The van der Waals surface area contributed by atoms with E-state index < -0.39 is 0 Å². The first kappa shape index (κ1) is 13.6. The van der Waals surface area contributed by atoms with Gasteiger partial charge in [0, 0.05) is 18.3 Å². The maximum Gasteiger partial charge on any atom is 0.258 e. The van der Waals surface area contributed by atoms with Crippen LogP contribution in [0.15, 0.2) is 42.5 Å². The number of hydrogen-bond acceptors (Lipinski definition) is 3. The van der Waals surface area contributed by atoms with Crippen molar-refractivity contribution >= 4 is 17.3 Å². The molecule has 0 spiro atoms. The molecule has 0 atom stereocenters. The maximum absolute atomic E-state index is 12.5. The van der Waals surface area contributed by atoms with Crippen LogP contribution < -0.4 is 10.6 Å². The number of nitrogens with zero attached hydrogens (tertiary/aromatic N) is 2. The molecule has 0 aliphatic carbocycles. The van der Waals surface area contributed by atoms with Crippen LogP contribution in [-0.4, -0.2) is 13.0 Å². The van der Waals surface area contributed by atoms with Crippen LogP contribution in [0.25, 0.3) is 0 Å². The fourth-order valence-electron chi connectivity index (χ4n) is 2.10. The summed E-state index contributed by atoms with van der Waals surface area (Å²) in [4.78, 5) is 13.9. The average Bonchev–Trinajstić information content (AvgIpc) is 2.44. The molecule has 0 bridgehead atoms. The van der Waals surface area contributed by atoms with E-state index in [1.807, 2.05) is 6.92 Å². The zero-order valence-electron chi connectivity index (χ0n) is 11.4. The number of hydrogen-bond donors (Lipinski definition) is 1. The van der Waals surface area contributed by atoms with Gasteiger partial charge in [0.05, 0.1) is 11.3 Å². The fourth-order valence-corrected chi connectivity index (χ4v) is 2.10. The van der Waals surface area contributed by atoms with E-state index in [1.165, 1.54) is 4.90 Å². The number of benzene rings is 2. The number of nitriles is 1. The monoisotopic (exact) mass is 265 g/mol. The van der Waals surface area contributed by atoms with E-state index in [2.05, 4.69) is 6.07 Å². The number of nitrogen functional groups attached to an aromatic ring is 1. The molecular formula is C16H15N3O. The molecule has 2 N–H and O–H groups in total. The standard InChI is InChI=1S/C16H15N3O/c1-11-7-13(9-14(18)8-11)16(20)19(2)15-6-4-3-5-12(15)10-17/h3-9H,18H2,1-2H3. The number of carbonyl (C=O) groups excluding carboxylic acids is 1. The van der Waals surface area contributed by atoms with Crippen molar-refractivity contribution in [2.45, 2.75) is 6.92 Å². The van der Waals surface area contributed by atoms with Crippen LogP contribution in [0.1, 0.15) is 21.5 Å². The second kappa shape index (κ2) is 5.45. The van der Waals surface area contributed by atoms with Crippen molar-refractivity contribution in [2.24, 2.45) is 0 Å². The van der Waals surface area contributed by atoms with Gasteiger partial charge in [0.2, 0.25) is 0 Å². The van der Waals surface area contributed by atoms with Crippen molar-refractivity contribution in [1.29, 1.82) is 5.26 Å². The van der Waals surface area contributed by atoms with Gasteiger partial charge in [-0.2, -0.15) is 5.26 Å². The van der Waals surface area contributed by atoms with Gasteiger partial charge in [0.15, 0.2) is 0 Å². The Morgan fingerprint density at radius 2 is 1.95 bits per heavy atom. The lowest BCUT2D eigenvalue weighted by molar-refractivity contribution is 0.0993. The Morgan fingerprint density at radius 3 is 2.60 bits per heavy atom. The normalized spacial score (nSPS) is 9.85. The van der Waals surface area contributed by atoms with Crippen LogP contribution in [0.2, 0.25) is 0 Å². The zero-order valence-corrected chi connectivity index (χ0v) is 11.4. The predicted octanol–water partition coefficient (Wildman–Crippen LogP) is 2.73. The Labute approximate surface area is 118 Å². The van der Waals surface area contributed by atoms with Crippen LogP contribution in [0.5, 0.6) is 0 Å². The van der Waals surface area contributed by atoms with Gasteiger partial charge >= 0.3 is 0 Å². The summed E-state index contributed by atoms with van der Waals surface area (Å²) in [5.74, 6) is -0.192. The molecule has 0 radical (unpaired) electrons. The first-order chi connectivity index (χ1) is 9.52. The zero-order chi connectivity index (χ0) is 14.7. The minimum atomic E-state index is -0.192. The second-order valence-electron chi connectivity index (χ2n) is 4.63. The molecule has 100 valence electrons. The minimum absolute atomic E-state index is 0.192. The predicted molar refractivity (Wildman–Crippen MR) is 79.5 cm³/mol. The molecule has 0 unspecified atom stereocenters. The number of rotatable bonds is 2. The SMILES string of the molecule is Cc1cc(N)cc(C(=O)N(C)c2ccccc2C#N)c1. The number of amides is 1. The van der Waals surface area contributed by atoms with Gasteiger partial charge in [-0.3, -0.25) is 4.79 Å². The third kappa shape index (κ3) is 2.62. The second-order valence-corrected chi connectivity index (χ2v) is 4.63. The lowest BCUT2D eigenvalue weighted by atomic mass is 10.1. The van der Waals surface area contributed by atoms with Gasteiger partial charge < -0.3 is 10.6 Å². The Bertz CT molecular complexity index is 681. The molecule has 2 aromatic carbocycles. The topological polar surface area (TPSA) is 70.1 Å². The van der Waals surface area contributed by atoms with Gasteiger partial charge in [-0.05, 0) is 42.8 Å². The summed E-state index contributed by atoms with van der Waals surface area (Å²) in [6.45, 7) is 1.89. The molecule has 1 amide bonds. The summed E-state index contributed by atoms with van der Waals surface area (Å²) in [6.07, 6.45) is 0. The summed E-state index contributed by atoms with van der Waals surface area (Å²) in [6, 6.07) is 14.3. The van der Waals surface area contributed by atoms with Crippen molar-refractivity contribution in [2.75, 3.05) is 17.7 Å². The highest BCUT2D eigenvalue weighted by molar-refractivity contribution is 6.06. The Kier molecular flexibility index (Phi) is 3.72. The van der Waals surface area contributed by atoms with E-state index in [9.17, 15) is 4.79 Å². The van der Waals surface area contributed by atoms with Crippen molar-refractivity contribution in [3.05, 3.63) is 59.2 Å². The quantitative estimate of drug-likeness (QED) is 0.849. The lowest BCUT2D eigenvalue weighted by Gasteiger charge is -2.19. The summed E-state index contributed by atoms with van der Waals surface area (Å²) >= 11 is 0. The molecule has 0 saturated carbocycles. The van der Waals surface area contributed by atoms with Gasteiger partial charge in [0.25, 0.3) is 5.91 Å². The average molecular weight is 265 g/mol. The molecule has 0 aromatic heterocycles. The molecule has 4 heteroatoms.